The van der Waals surface area contributed by atoms with Gasteiger partial charge < -0.3 is 15.2 Å². The van der Waals surface area contributed by atoms with Crippen molar-refractivity contribution in [2.24, 2.45) is 0 Å². The molecule has 0 aliphatic rings. The molecule has 0 spiro atoms. The molecule has 2 heterocycles. The summed E-state index contributed by atoms with van der Waals surface area (Å²) in [5, 5.41) is 4.72. The van der Waals surface area contributed by atoms with Gasteiger partial charge in [-0.2, -0.15) is 0 Å². The van der Waals surface area contributed by atoms with Gasteiger partial charge in [0.1, 0.15) is 18.0 Å². The van der Waals surface area contributed by atoms with Gasteiger partial charge in [-0.05, 0) is 30.5 Å². The first kappa shape index (κ1) is 18.0. The van der Waals surface area contributed by atoms with Crippen molar-refractivity contribution < 1.29 is 0 Å². The van der Waals surface area contributed by atoms with Gasteiger partial charge in [0.05, 0.1) is 0 Å². The molecule has 5 heteroatoms. The molecule has 0 aliphatic heterocycles. The van der Waals surface area contributed by atoms with Crippen LogP contribution >= 0.6 is 0 Å². The highest BCUT2D eigenvalue weighted by Gasteiger charge is 2.08. The molecule has 0 fully saturated rings. The van der Waals surface area contributed by atoms with Crippen molar-refractivity contribution in [3.63, 3.8) is 0 Å². The summed E-state index contributed by atoms with van der Waals surface area (Å²) in [6.07, 6.45) is 4.66. The zero-order chi connectivity index (χ0) is 19.2. The lowest BCUT2D eigenvalue weighted by Gasteiger charge is -2.22. The van der Waals surface area contributed by atoms with Gasteiger partial charge in [-0.25, -0.2) is 9.97 Å². The third-order valence-corrected chi connectivity index (χ3v) is 4.95. The largest absolute Gasteiger partial charge is 0.370 e. The van der Waals surface area contributed by atoms with Crippen LogP contribution in [-0.4, -0.2) is 28.0 Å². The topological polar surface area (TPSA) is 56.8 Å². The van der Waals surface area contributed by atoms with Crippen LogP contribution in [0.4, 0.5) is 11.6 Å². The molecule has 142 valence electrons. The van der Waals surface area contributed by atoms with Crippen LogP contribution in [0.25, 0.3) is 10.9 Å². The number of hydrogen-bond acceptors (Lipinski definition) is 4. The van der Waals surface area contributed by atoms with E-state index in [0.29, 0.717) is 0 Å². The van der Waals surface area contributed by atoms with E-state index >= 15 is 0 Å². The van der Waals surface area contributed by atoms with Crippen molar-refractivity contribution in [3.05, 3.63) is 84.3 Å². The van der Waals surface area contributed by atoms with Crippen LogP contribution in [0, 0.1) is 0 Å². The van der Waals surface area contributed by atoms with Crippen molar-refractivity contribution in [1.82, 2.24) is 15.0 Å². The van der Waals surface area contributed by atoms with E-state index in [9.17, 15) is 0 Å². The Morgan fingerprint density at radius 1 is 1.00 bits per heavy atom. The molecule has 2 aromatic heterocycles. The SMILES string of the molecule is CCN(Cc1ccccc1)c1cc(NCCc2c[nH]c3ccccc23)ncn1. The number of para-hydroxylation sites is 1. The molecule has 4 rings (SSSR count). The predicted molar refractivity (Wildman–Crippen MR) is 116 cm³/mol. The van der Waals surface area contributed by atoms with Gasteiger partial charge in [0, 0.05) is 42.8 Å². The maximum absolute atomic E-state index is 4.48. The highest BCUT2D eigenvalue weighted by Crippen LogP contribution is 2.19. The lowest BCUT2D eigenvalue weighted by Crippen LogP contribution is -2.23. The molecule has 0 saturated carbocycles. The zero-order valence-corrected chi connectivity index (χ0v) is 16.1. The second-order valence-corrected chi connectivity index (χ2v) is 6.80. The fraction of sp³-hybridized carbons (Fsp3) is 0.217. The van der Waals surface area contributed by atoms with Crippen LogP contribution in [-0.2, 0) is 13.0 Å². The average molecular weight is 371 g/mol. The summed E-state index contributed by atoms with van der Waals surface area (Å²) in [5.41, 5.74) is 3.77. The van der Waals surface area contributed by atoms with Gasteiger partial charge in [0.2, 0.25) is 0 Å². The summed E-state index contributed by atoms with van der Waals surface area (Å²) in [4.78, 5) is 14.4. The normalized spacial score (nSPS) is 10.9. The average Bonchev–Trinajstić information content (AvgIpc) is 3.16. The summed E-state index contributed by atoms with van der Waals surface area (Å²) < 4.78 is 0. The van der Waals surface area contributed by atoms with E-state index in [1.807, 2.05) is 12.1 Å². The predicted octanol–water partition coefficient (Wildman–Crippen LogP) is 4.64. The van der Waals surface area contributed by atoms with Crippen LogP contribution in [0.15, 0.2) is 73.2 Å². The Kier molecular flexibility index (Phi) is 5.52. The Bertz CT molecular complexity index is 1030. The summed E-state index contributed by atoms with van der Waals surface area (Å²) in [6.45, 7) is 4.70. The second kappa shape index (κ2) is 8.57. The summed E-state index contributed by atoms with van der Waals surface area (Å²) >= 11 is 0. The first-order chi connectivity index (χ1) is 13.8. The number of aromatic amines is 1. The smallest absolute Gasteiger partial charge is 0.134 e. The highest BCUT2D eigenvalue weighted by atomic mass is 15.2. The van der Waals surface area contributed by atoms with Gasteiger partial charge in [-0.1, -0.05) is 48.5 Å². The van der Waals surface area contributed by atoms with Crippen LogP contribution in [0.2, 0.25) is 0 Å². The third kappa shape index (κ3) is 4.14. The number of nitrogens with zero attached hydrogens (tertiary/aromatic N) is 3. The van der Waals surface area contributed by atoms with Gasteiger partial charge in [-0.3, -0.25) is 0 Å². The van der Waals surface area contributed by atoms with Gasteiger partial charge in [-0.15, -0.1) is 0 Å². The Labute approximate surface area is 165 Å². The van der Waals surface area contributed by atoms with E-state index < -0.39 is 0 Å². The molecule has 0 radical (unpaired) electrons. The maximum Gasteiger partial charge on any atom is 0.134 e. The lowest BCUT2D eigenvalue weighted by molar-refractivity contribution is 0.810. The first-order valence-electron chi connectivity index (χ1n) is 9.73. The number of aromatic nitrogens is 3. The van der Waals surface area contributed by atoms with Gasteiger partial charge in [0.15, 0.2) is 0 Å². The number of anilines is 2. The Morgan fingerprint density at radius 3 is 2.68 bits per heavy atom. The number of benzene rings is 2. The minimum atomic E-state index is 0.823. The zero-order valence-electron chi connectivity index (χ0n) is 16.1. The highest BCUT2D eigenvalue weighted by molar-refractivity contribution is 5.83. The Morgan fingerprint density at radius 2 is 1.82 bits per heavy atom. The summed E-state index contributed by atoms with van der Waals surface area (Å²) in [6, 6.07) is 20.9. The van der Waals surface area contributed by atoms with Crippen LogP contribution in [0.1, 0.15) is 18.1 Å². The van der Waals surface area contributed by atoms with E-state index in [2.05, 4.69) is 86.8 Å². The van der Waals surface area contributed by atoms with E-state index in [4.69, 9.17) is 0 Å². The first-order valence-corrected chi connectivity index (χ1v) is 9.73. The van der Waals surface area contributed by atoms with Crippen molar-refractivity contribution in [3.8, 4) is 0 Å². The number of hydrogen-bond donors (Lipinski definition) is 2. The monoisotopic (exact) mass is 371 g/mol. The van der Waals surface area contributed by atoms with Crippen LogP contribution in [0.5, 0.6) is 0 Å². The molecule has 2 N–H and O–H groups in total. The van der Waals surface area contributed by atoms with Gasteiger partial charge in [0.25, 0.3) is 0 Å². The fourth-order valence-electron chi connectivity index (χ4n) is 3.44. The Hall–Kier alpha value is -3.34. The number of rotatable bonds is 8. The minimum Gasteiger partial charge on any atom is -0.370 e. The quantitative estimate of drug-likeness (QED) is 0.474. The van der Waals surface area contributed by atoms with Crippen molar-refractivity contribution >= 4 is 22.5 Å². The fourth-order valence-corrected chi connectivity index (χ4v) is 3.44. The molecule has 0 aliphatic carbocycles. The van der Waals surface area contributed by atoms with Crippen LogP contribution < -0.4 is 10.2 Å². The summed E-state index contributed by atoms with van der Waals surface area (Å²) in [5.74, 6) is 1.80. The molecule has 5 nitrogen and oxygen atoms in total. The summed E-state index contributed by atoms with van der Waals surface area (Å²) in [7, 11) is 0. The van der Waals surface area contributed by atoms with E-state index in [-0.39, 0.29) is 0 Å². The number of fused-ring (bicyclic) bond motifs is 1. The van der Waals surface area contributed by atoms with Gasteiger partial charge >= 0.3 is 0 Å². The molecule has 0 bridgehead atoms. The lowest BCUT2D eigenvalue weighted by atomic mass is 10.1. The molecular weight excluding hydrogens is 346 g/mol. The second-order valence-electron chi connectivity index (χ2n) is 6.80. The molecule has 28 heavy (non-hydrogen) atoms. The molecule has 0 saturated heterocycles. The molecule has 0 amide bonds. The molecule has 0 unspecified atom stereocenters. The Balaban J connectivity index is 1.40. The molecule has 4 aromatic rings. The number of nitrogens with one attached hydrogen (secondary N) is 2. The van der Waals surface area contributed by atoms with Crippen molar-refractivity contribution in [2.75, 3.05) is 23.3 Å². The molecular formula is C23H25N5. The molecule has 2 aromatic carbocycles. The number of H-pyrrole nitrogens is 1. The van der Waals surface area contributed by atoms with Crippen molar-refractivity contribution in [2.45, 2.75) is 19.9 Å². The third-order valence-electron chi connectivity index (χ3n) is 4.95. The van der Waals surface area contributed by atoms with E-state index in [1.165, 1.54) is 22.0 Å². The minimum absolute atomic E-state index is 0.823. The van der Waals surface area contributed by atoms with E-state index in [1.54, 1.807) is 6.33 Å². The van der Waals surface area contributed by atoms with Crippen LogP contribution in [0.3, 0.4) is 0 Å². The maximum atomic E-state index is 4.48. The van der Waals surface area contributed by atoms with Crippen molar-refractivity contribution in [1.29, 1.82) is 0 Å². The standard InChI is InChI=1S/C23H25N5/c1-2-28(16-18-8-4-3-5-9-18)23-14-22(26-17-27-23)24-13-12-19-15-25-21-11-7-6-10-20(19)21/h3-11,14-15,17,25H,2,12-13,16H2,1H3,(H,24,26,27). The molecule has 0 atom stereocenters. The van der Waals surface area contributed by atoms with E-state index in [0.717, 1.165) is 37.7 Å².